The van der Waals surface area contributed by atoms with Crippen LogP contribution in [0.25, 0.3) is 0 Å². The Morgan fingerprint density at radius 3 is 1.43 bits per heavy atom. The zero-order valence-corrected chi connectivity index (χ0v) is 30.5. The van der Waals surface area contributed by atoms with E-state index in [-0.39, 0.29) is 0 Å². The van der Waals surface area contributed by atoms with Gasteiger partial charge in [-0.1, -0.05) is 0 Å². The largest absolute Gasteiger partial charge is 0.500 e. The van der Waals surface area contributed by atoms with Gasteiger partial charge >= 0.3 is 17.6 Å². The summed E-state index contributed by atoms with van der Waals surface area (Å²) in [4.78, 5) is 35.4. The minimum atomic E-state index is -2.72. The summed E-state index contributed by atoms with van der Waals surface area (Å²) < 4.78 is 36.3. The molecule has 0 atom stereocenters. The van der Waals surface area contributed by atoms with Gasteiger partial charge in [-0.05, 0) is 97.5 Å². The fourth-order valence-electron chi connectivity index (χ4n) is 4.52. The lowest BCUT2D eigenvalue weighted by atomic mass is 10.3. The molecule has 0 aliphatic rings. The van der Waals surface area contributed by atoms with Gasteiger partial charge in [-0.25, -0.2) is 14.4 Å². The normalized spacial score (nSPS) is 12.5. The molecule has 0 saturated carbocycles. The van der Waals surface area contributed by atoms with Gasteiger partial charge in [-0.3, -0.25) is 4.90 Å². The van der Waals surface area contributed by atoms with E-state index in [0.29, 0.717) is 51.3 Å². The highest BCUT2D eigenvalue weighted by Crippen LogP contribution is 2.22. The summed E-state index contributed by atoms with van der Waals surface area (Å²) in [5.41, 5.74) is 2.57. The highest BCUT2D eigenvalue weighted by atomic mass is 32.2. The van der Waals surface area contributed by atoms with Gasteiger partial charge in [0.25, 0.3) is 0 Å². The number of nitrogens with zero attached hydrogens (tertiary/aromatic N) is 1. The number of thioether (sulfide) groups is 1. The third-order valence-corrected chi connectivity index (χ3v) is 15.8. The first-order valence-electron chi connectivity index (χ1n) is 15.2. The quantitative estimate of drug-likeness (QED) is 0.0501. The highest BCUT2D eigenvalue weighted by Gasteiger charge is 2.41. The number of carbonyl (C=O) groups excluding carboxylic acids is 3. The van der Waals surface area contributed by atoms with Crippen LogP contribution in [0.3, 0.4) is 0 Å². The molecule has 0 aromatic heterocycles. The Morgan fingerprint density at radius 1 is 0.690 bits per heavy atom. The molecular weight excluding hydrogens is 611 g/mol. The Morgan fingerprint density at radius 2 is 1.10 bits per heavy atom. The van der Waals surface area contributed by atoms with E-state index in [0.717, 1.165) is 56.1 Å². The van der Waals surface area contributed by atoms with E-state index in [1.54, 1.807) is 23.6 Å². The van der Waals surface area contributed by atoms with E-state index in [1.807, 2.05) is 47.5 Å². The summed E-state index contributed by atoms with van der Waals surface area (Å²) in [5.74, 6) is 6.99. The number of allylic oxidation sites excluding steroid dienone is 1. The summed E-state index contributed by atoms with van der Waals surface area (Å²) in [6.07, 6.45) is 2.99. The molecule has 0 aromatic carbocycles. The van der Waals surface area contributed by atoms with Gasteiger partial charge in [-0.2, -0.15) is 0 Å². The average Bonchev–Trinajstić information content (AvgIpc) is 2.95. The van der Waals surface area contributed by atoms with Crippen molar-refractivity contribution in [1.82, 2.24) is 4.90 Å². The van der Waals surface area contributed by atoms with Crippen LogP contribution in [0.15, 0.2) is 16.6 Å². The number of hydrogen-bond donors (Lipinski definition) is 0. The summed E-state index contributed by atoms with van der Waals surface area (Å²) in [6.45, 7) is 16.8. The van der Waals surface area contributed by atoms with Crippen molar-refractivity contribution < 1.29 is 40.9 Å². The lowest BCUT2D eigenvalue weighted by molar-refractivity contribution is 0.0696. The minimum Gasteiger partial charge on any atom is -0.374 e. The average molecular weight is 664 g/mol. The lowest BCUT2D eigenvalue weighted by Gasteiger charge is -2.31. The standard InChI is InChI=1S/C28H53NO9SSi3/c1-7-33-41(34-8-2,35-9-3)24-14-17-29(18-15-25-42(36-10-4,37-11-5)38-12-6)27-39-21-13-16-28(26-32)40(22-19-30)23-20-31/h22-23,40H,7-18,21,24-25,27H2,1-6H3. The maximum Gasteiger partial charge on any atom is 0.500 e. The fourth-order valence-corrected chi connectivity index (χ4v) is 12.2. The van der Waals surface area contributed by atoms with Crippen LogP contribution in [-0.4, -0.2) is 113 Å². The molecule has 0 rings (SSSR count). The summed E-state index contributed by atoms with van der Waals surface area (Å²) in [6, 6.07) is 1.49. The zero-order chi connectivity index (χ0) is 31.5. The Labute approximate surface area is 261 Å². The van der Waals surface area contributed by atoms with Crippen LogP contribution in [0.2, 0.25) is 12.1 Å². The third-order valence-electron chi connectivity index (χ3n) is 6.14. The van der Waals surface area contributed by atoms with Crippen LogP contribution in [-0.2, 0) is 40.9 Å². The molecule has 242 valence electrons. The van der Waals surface area contributed by atoms with Crippen LogP contribution in [0, 0.1) is 0 Å². The predicted octanol–water partition coefficient (Wildman–Crippen LogP) is 4.01. The molecular formula is C28H53NO9SSi3. The van der Waals surface area contributed by atoms with E-state index < -0.39 is 26.4 Å². The van der Waals surface area contributed by atoms with Crippen molar-refractivity contribution in [2.24, 2.45) is 0 Å². The molecule has 10 nitrogen and oxygen atoms in total. The number of hydrogen-bond acceptors (Lipinski definition) is 11. The smallest absolute Gasteiger partial charge is 0.374 e. The van der Waals surface area contributed by atoms with Crippen molar-refractivity contribution in [3.05, 3.63) is 16.6 Å². The van der Waals surface area contributed by atoms with Gasteiger partial charge in [0, 0.05) is 62.8 Å². The molecule has 0 spiro atoms. The van der Waals surface area contributed by atoms with Crippen molar-refractivity contribution in [3.63, 3.8) is 0 Å². The van der Waals surface area contributed by atoms with Crippen molar-refractivity contribution in [2.45, 2.75) is 79.3 Å². The third kappa shape index (κ3) is 17.4. The van der Waals surface area contributed by atoms with E-state index in [4.69, 9.17) is 26.6 Å². The van der Waals surface area contributed by atoms with Gasteiger partial charge in [0.2, 0.25) is 0 Å². The van der Waals surface area contributed by atoms with E-state index >= 15 is 0 Å². The molecule has 42 heavy (non-hydrogen) atoms. The van der Waals surface area contributed by atoms with Crippen LogP contribution in [0.4, 0.5) is 0 Å². The Bertz CT molecular complexity index is 766. The molecule has 0 unspecified atom stereocenters. The van der Waals surface area contributed by atoms with Crippen LogP contribution in [0.1, 0.15) is 67.2 Å². The van der Waals surface area contributed by atoms with Gasteiger partial charge in [0.05, 0.1) is 0 Å². The lowest BCUT2D eigenvalue weighted by Crippen LogP contribution is -2.47. The molecule has 0 aromatic rings. The predicted molar refractivity (Wildman–Crippen MR) is 175 cm³/mol. The second-order valence-electron chi connectivity index (χ2n) is 9.15. The second kappa shape index (κ2) is 26.5. The topological polar surface area (TPSA) is 110 Å². The molecule has 0 saturated heterocycles. The molecule has 0 bridgehead atoms. The van der Waals surface area contributed by atoms with Crippen LogP contribution >= 0.6 is 11.8 Å². The van der Waals surface area contributed by atoms with E-state index in [2.05, 4.69) is 4.90 Å². The maximum absolute atomic E-state index is 11.4. The van der Waals surface area contributed by atoms with E-state index in [9.17, 15) is 14.4 Å². The fraction of sp³-hybridized carbons (Fsp3) is 0.786. The van der Waals surface area contributed by atoms with Crippen molar-refractivity contribution in [3.8, 4) is 0 Å². The first-order chi connectivity index (χ1) is 20.4. The highest BCUT2D eigenvalue weighted by molar-refractivity contribution is 7.99. The summed E-state index contributed by atoms with van der Waals surface area (Å²) >= 11 is 1.79. The molecule has 0 aliphatic carbocycles. The molecule has 0 amide bonds. The molecule has 0 radical (unpaired) electrons. The van der Waals surface area contributed by atoms with Gasteiger partial charge < -0.3 is 26.6 Å². The first-order valence-corrected chi connectivity index (χ1v) is 22.1. The van der Waals surface area contributed by atoms with Crippen LogP contribution in [0.5, 0.6) is 0 Å². The van der Waals surface area contributed by atoms with Crippen molar-refractivity contribution >= 4 is 56.0 Å². The van der Waals surface area contributed by atoms with Crippen LogP contribution < -0.4 is 0 Å². The van der Waals surface area contributed by atoms with Gasteiger partial charge in [0.1, 0.15) is 17.8 Å². The molecule has 0 heterocycles. The molecule has 0 aliphatic heterocycles. The zero-order valence-electron chi connectivity index (χ0n) is 26.6. The second-order valence-corrected chi connectivity index (χ2v) is 18.1. The Kier molecular flexibility index (Phi) is 25.9. The Hall–Kier alpha value is -0.929. The minimum absolute atomic E-state index is 0.493. The molecule has 0 fully saturated rings. The Balaban J connectivity index is 5.33. The molecule has 14 heteroatoms. The van der Waals surface area contributed by atoms with Crippen molar-refractivity contribution in [2.75, 3.05) is 64.4 Å². The number of rotatable bonds is 29. The summed E-state index contributed by atoms with van der Waals surface area (Å²) in [5, 5.41) is 0.493. The summed E-state index contributed by atoms with van der Waals surface area (Å²) in [7, 11) is -7.66. The maximum atomic E-state index is 11.4. The molecule has 0 N–H and O–H groups in total. The van der Waals surface area contributed by atoms with Crippen molar-refractivity contribution in [1.29, 1.82) is 0 Å². The van der Waals surface area contributed by atoms with Gasteiger partial charge in [0.15, 0.2) is 8.80 Å². The van der Waals surface area contributed by atoms with E-state index in [1.165, 1.54) is 11.4 Å². The van der Waals surface area contributed by atoms with Gasteiger partial charge in [-0.15, -0.1) is 11.8 Å². The first kappa shape index (κ1) is 41.1. The SMILES string of the molecule is CCO[Si](CCCN(CCC[Si](OCC)(OCC)OCC)CSCCCC(=C=O)[SiH](C=C=O)C=C=O)(OCC)OCC. The monoisotopic (exact) mass is 663 g/mol.